The van der Waals surface area contributed by atoms with Crippen molar-refractivity contribution in [1.82, 2.24) is 0 Å². The van der Waals surface area contributed by atoms with Gasteiger partial charge in [0, 0.05) is 17.4 Å². The third kappa shape index (κ3) is 3.15. The van der Waals surface area contributed by atoms with E-state index < -0.39 is 0 Å². The molecule has 1 saturated heterocycles. The Morgan fingerprint density at radius 3 is 2.89 bits per heavy atom. The predicted octanol–water partition coefficient (Wildman–Crippen LogP) is 3.40. The fourth-order valence-electron chi connectivity index (χ4n) is 2.23. The highest BCUT2D eigenvalue weighted by Gasteiger charge is 2.25. The van der Waals surface area contributed by atoms with Gasteiger partial charge in [0.1, 0.15) is 0 Å². The Morgan fingerprint density at radius 1 is 1.44 bits per heavy atom. The number of rotatable bonds is 4. The Morgan fingerprint density at radius 2 is 2.22 bits per heavy atom. The maximum atomic E-state index is 12.2. The first-order chi connectivity index (χ1) is 8.58. The second kappa shape index (κ2) is 5.89. The normalized spacial score (nSPS) is 23.3. The molecule has 2 unspecified atom stereocenters. The van der Waals surface area contributed by atoms with E-state index in [4.69, 9.17) is 4.74 Å². The molecule has 0 spiro atoms. The fourth-order valence-corrected chi connectivity index (χ4v) is 3.36. The van der Waals surface area contributed by atoms with E-state index in [0.717, 1.165) is 29.7 Å². The molecule has 0 radical (unpaired) electrons. The zero-order valence-electron chi connectivity index (χ0n) is 11.2. The molecule has 1 aliphatic rings. The molecule has 0 bridgehead atoms. The summed E-state index contributed by atoms with van der Waals surface area (Å²) >= 11 is 1.74. The van der Waals surface area contributed by atoms with Gasteiger partial charge in [-0.1, -0.05) is 17.7 Å². The third-order valence-corrected chi connectivity index (χ3v) is 4.90. The number of thioether (sulfide) groups is 1. The second-order valence-electron chi connectivity index (χ2n) is 4.96. The van der Waals surface area contributed by atoms with Crippen molar-refractivity contribution in [3.05, 3.63) is 34.9 Å². The minimum atomic E-state index is 0.236. The minimum absolute atomic E-state index is 0.236. The van der Waals surface area contributed by atoms with E-state index in [2.05, 4.69) is 6.92 Å². The fraction of sp³-hybridized carbons (Fsp3) is 0.533. The minimum Gasteiger partial charge on any atom is -0.377 e. The maximum Gasteiger partial charge on any atom is 0.173 e. The molecule has 1 aliphatic heterocycles. The summed E-state index contributed by atoms with van der Waals surface area (Å²) in [7, 11) is 0. The second-order valence-corrected chi connectivity index (χ2v) is 6.18. The van der Waals surface area contributed by atoms with E-state index in [1.165, 1.54) is 0 Å². The molecular formula is C15H20O2S. The van der Waals surface area contributed by atoms with Gasteiger partial charge in [0.05, 0.1) is 11.9 Å². The van der Waals surface area contributed by atoms with Crippen LogP contribution in [0.5, 0.6) is 0 Å². The Hall–Kier alpha value is -0.800. The van der Waals surface area contributed by atoms with Crippen LogP contribution in [0.15, 0.2) is 18.2 Å². The van der Waals surface area contributed by atoms with Crippen molar-refractivity contribution in [3.63, 3.8) is 0 Å². The van der Waals surface area contributed by atoms with Gasteiger partial charge in [-0.15, -0.1) is 11.8 Å². The van der Waals surface area contributed by atoms with E-state index in [1.807, 2.05) is 32.0 Å². The Kier molecular flexibility index (Phi) is 4.46. The number of carbonyl (C=O) groups is 1. The van der Waals surface area contributed by atoms with Gasteiger partial charge in [-0.3, -0.25) is 4.79 Å². The van der Waals surface area contributed by atoms with Gasteiger partial charge >= 0.3 is 0 Å². The molecule has 1 heterocycles. The molecule has 0 aliphatic carbocycles. The lowest BCUT2D eigenvalue weighted by molar-refractivity contribution is 0.102. The Bertz CT molecular complexity index is 442. The Balaban J connectivity index is 1.97. The van der Waals surface area contributed by atoms with E-state index >= 15 is 0 Å². The molecule has 3 heteroatoms. The van der Waals surface area contributed by atoms with Gasteiger partial charge in [-0.2, -0.15) is 0 Å². The molecule has 1 aromatic carbocycles. The standard InChI is InChI=1S/C15H20O2S/c1-10-4-5-11(2)13(8-10)14(16)9-18-15-6-7-17-12(15)3/h4-5,8,12,15H,6-7,9H2,1-3H3. The molecule has 0 aromatic heterocycles. The van der Waals surface area contributed by atoms with Crippen molar-refractivity contribution in [1.29, 1.82) is 0 Å². The lowest BCUT2D eigenvalue weighted by Crippen LogP contribution is -2.16. The molecule has 2 nitrogen and oxygen atoms in total. The van der Waals surface area contributed by atoms with E-state index in [0.29, 0.717) is 11.0 Å². The van der Waals surface area contributed by atoms with Crippen molar-refractivity contribution in [2.45, 2.75) is 38.5 Å². The van der Waals surface area contributed by atoms with Gasteiger partial charge < -0.3 is 4.74 Å². The number of benzene rings is 1. The van der Waals surface area contributed by atoms with Gasteiger partial charge in [0.15, 0.2) is 5.78 Å². The molecule has 2 atom stereocenters. The SMILES string of the molecule is Cc1ccc(C)c(C(=O)CSC2CCOC2C)c1. The average Bonchev–Trinajstić information content (AvgIpc) is 2.75. The topological polar surface area (TPSA) is 26.3 Å². The molecule has 2 rings (SSSR count). The van der Waals surface area contributed by atoms with Gasteiger partial charge in [-0.05, 0) is 38.8 Å². The highest BCUT2D eigenvalue weighted by molar-refractivity contribution is 8.00. The summed E-state index contributed by atoms with van der Waals surface area (Å²) in [6.45, 7) is 6.94. The van der Waals surface area contributed by atoms with Crippen LogP contribution in [0.1, 0.15) is 34.8 Å². The van der Waals surface area contributed by atoms with Crippen molar-refractivity contribution in [2.75, 3.05) is 12.4 Å². The lowest BCUT2D eigenvalue weighted by atomic mass is 10.0. The largest absolute Gasteiger partial charge is 0.377 e. The Labute approximate surface area is 113 Å². The van der Waals surface area contributed by atoms with Crippen molar-refractivity contribution < 1.29 is 9.53 Å². The molecule has 0 N–H and O–H groups in total. The first-order valence-corrected chi connectivity index (χ1v) is 7.46. The number of hydrogen-bond acceptors (Lipinski definition) is 3. The number of Topliss-reactive ketones (excluding diaryl/α,β-unsaturated/α-hetero) is 1. The summed E-state index contributed by atoms with van der Waals surface area (Å²) in [6.07, 6.45) is 1.34. The maximum absolute atomic E-state index is 12.2. The summed E-state index contributed by atoms with van der Waals surface area (Å²) in [5.74, 6) is 0.795. The van der Waals surface area contributed by atoms with E-state index in [1.54, 1.807) is 11.8 Å². The van der Waals surface area contributed by atoms with Crippen LogP contribution in [-0.2, 0) is 4.74 Å². The summed E-state index contributed by atoms with van der Waals surface area (Å²) < 4.78 is 5.51. The molecular weight excluding hydrogens is 244 g/mol. The zero-order chi connectivity index (χ0) is 13.1. The summed E-state index contributed by atoms with van der Waals surface area (Å²) in [5.41, 5.74) is 3.09. The van der Waals surface area contributed by atoms with Crippen LogP contribution in [0, 0.1) is 13.8 Å². The summed E-state index contributed by atoms with van der Waals surface area (Å²) in [6, 6.07) is 6.06. The van der Waals surface area contributed by atoms with Crippen LogP contribution in [0.2, 0.25) is 0 Å². The van der Waals surface area contributed by atoms with E-state index in [9.17, 15) is 4.79 Å². The number of ether oxygens (including phenoxy) is 1. The van der Waals surface area contributed by atoms with Gasteiger partial charge in [-0.25, -0.2) is 0 Å². The summed E-state index contributed by atoms with van der Waals surface area (Å²) in [5, 5.41) is 0.471. The van der Waals surface area contributed by atoms with Crippen LogP contribution in [0.4, 0.5) is 0 Å². The molecule has 1 fully saturated rings. The quantitative estimate of drug-likeness (QED) is 0.780. The molecule has 0 amide bonds. The highest BCUT2D eigenvalue weighted by Crippen LogP contribution is 2.27. The smallest absolute Gasteiger partial charge is 0.173 e. The van der Waals surface area contributed by atoms with Crippen LogP contribution in [-0.4, -0.2) is 29.5 Å². The molecule has 1 aromatic rings. The number of carbonyl (C=O) groups excluding carboxylic acids is 1. The van der Waals surface area contributed by atoms with E-state index in [-0.39, 0.29) is 11.9 Å². The molecule has 18 heavy (non-hydrogen) atoms. The number of aryl methyl sites for hydroxylation is 2. The monoisotopic (exact) mass is 264 g/mol. The van der Waals surface area contributed by atoms with Crippen molar-refractivity contribution in [2.24, 2.45) is 0 Å². The summed E-state index contributed by atoms with van der Waals surface area (Å²) in [4.78, 5) is 12.2. The number of ketones is 1. The van der Waals surface area contributed by atoms with Gasteiger partial charge in [0.25, 0.3) is 0 Å². The van der Waals surface area contributed by atoms with Crippen molar-refractivity contribution >= 4 is 17.5 Å². The van der Waals surface area contributed by atoms with Gasteiger partial charge in [0.2, 0.25) is 0 Å². The number of hydrogen-bond donors (Lipinski definition) is 0. The lowest BCUT2D eigenvalue weighted by Gasteiger charge is -2.13. The first kappa shape index (κ1) is 13.6. The predicted molar refractivity (Wildman–Crippen MR) is 76.5 cm³/mol. The molecule has 98 valence electrons. The highest BCUT2D eigenvalue weighted by atomic mass is 32.2. The zero-order valence-corrected chi connectivity index (χ0v) is 12.0. The average molecular weight is 264 g/mol. The van der Waals surface area contributed by atoms with Crippen LogP contribution in [0.25, 0.3) is 0 Å². The van der Waals surface area contributed by atoms with Crippen molar-refractivity contribution in [3.8, 4) is 0 Å². The van der Waals surface area contributed by atoms with Crippen LogP contribution in [0.3, 0.4) is 0 Å². The van der Waals surface area contributed by atoms with Crippen LogP contribution < -0.4 is 0 Å². The first-order valence-electron chi connectivity index (χ1n) is 6.41. The molecule has 0 saturated carbocycles. The third-order valence-electron chi connectivity index (χ3n) is 3.43. The van der Waals surface area contributed by atoms with Crippen LogP contribution >= 0.6 is 11.8 Å².